The first kappa shape index (κ1) is 37.1. The highest BCUT2D eigenvalue weighted by Gasteiger charge is 2.48. The van der Waals surface area contributed by atoms with Crippen LogP contribution >= 0.6 is 0 Å². The maximum atomic E-state index is 12.6. The summed E-state index contributed by atoms with van der Waals surface area (Å²) in [5.74, 6) is -3.82. The van der Waals surface area contributed by atoms with Gasteiger partial charge in [-0.15, -0.1) is 0 Å². The Morgan fingerprint density at radius 3 is 1.67 bits per heavy atom. The molecule has 7 aromatic rings. The number of aromatic hydroxyl groups is 2. The van der Waals surface area contributed by atoms with Gasteiger partial charge in [0.05, 0.1) is 5.69 Å². The topological polar surface area (TPSA) is 171 Å². The summed E-state index contributed by atoms with van der Waals surface area (Å²) < 4.78 is 64.7. The maximum absolute atomic E-state index is 12.6. The number of phenols is 2. The summed E-state index contributed by atoms with van der Waals surface area (Å²) in [7, 11) is -5.77. The molecule has 0 saturated heterocycles. The number of benzene rings is 6. The van der Waals surface area contributed by atoms with Crippen LogP contribution in [0, 0.1) is 6.92 Å². The highest BCUT2D eigenvalue weighted by atomic mass is 32.2. The van der Waals surface area contributed by atoms with E-state index in [-0.39, 0.29) is 23.1 Å². The second kappa shape index (κ2) is 14.4. The number of aromatic nitrogens is 1. The van der Waals surface area contributed by atoms with Crippen molar-refractivity contribution in [3.8, 4) is 28.5 Å². The minimum Gasteiger partial charge on any atom is -0.507 e. The van der Waals surface area contributed by atoms with Crippen LogP contribution in [0.15, 0.2) is 115 Å². The SMILES string of the molecule is Cc1cc2cccc(OS(=O)(=O)C(F)(F)F)c2nc1-c1ccccc1.O=C(O)c1cc2ccccc2c(Cc2c(O)c(C(=O)O)cc3ccccc23)c1O. The van der Waals surface area contributed by atoms with Crippen molar-refractivity contribution in [2.75, 3.05) is 0 Å². The molecule has 0 amide bonds. The van der Waals surface area contributed by atoms with Crippen molar-refractivity contribution in [3.63, 3.8) is 0 Å². The predicted molar refractivity (Wildman–Crippen MR) is 195 cm³/mol. The Morgan fingerprint density at radius 2 is 1.17 bits per heavy atom. The third kappa shape index (κ3) is 7.19. The molecule has 1 heterocycles. The molecular weight excluding hydrogens is 727 g/mol. The van der Waals surface area contributed by atoms with Crippen LogP contribution in [0.4, 0.5) is 13.2 Å². The van der Waals surface area contributed by atoms with E-state index in [1.54, 1.807) is 84.9 Å². The minimum absolute atomic E-state index is 0.0407. The Kier molecular flexibility index (Phi) is 9.89. The molecule has 1 aromatic heterocycles. The average molecular weight is 756 g/mol. The molecule has 0 aliphatic rings. The lowest BCUT2D eigenvalue weighted by Crippen LogP contribution is -2.28. The van der Waals surface area contributed by atoms with E-state index in [9.17, 15) is 51.6 Å². The van der Waals surface area contributed by atoms with E-state index < -0.39 is 44.8 Å². The smallest absolute Gasteiger partial charge is 0.507 e. The molecule has 0 bridgehead atoms. The molecule has 274 valence electrons. The fraction of sp³-hybridized carbons (Fsp3) is 0.0750. The molecule has 14 heteroatoms. The third-order valence-corrected chi connectivity index (χ3v) is 9.56. The monoisotopic (exact) mass is 755 g/mol. The summed E-state index contributed by atoms with van der Waals surface area (Å²) in [4.78, 5) is 27.6. The van der Waals surface area contributed by atoms with Crippen molar-refractivity contribution in [1.82, 2.24) is 4.98 Å². The van der Waals surface area contributed by atoms with Crippen molar-refractivity contribution >= 4 is 54.5 Å². The van der Waals surface area contributed by atoms with Crippen LogP contribution in [0.2, 0.25) is 0 Å². The van der Waals surface area contributed by atoms with Gasteiger partial charge in [-0.25, -0.2) is 14.6 Å². The normalized spacial score (nSPS) is 11.6. The molecule has 10 nitrogen and oxygen atoms in total. The Bertz CT molecular complexity index is 2620. The first-order chi connectivity index (χ1) is 25.6. The molecule has 0 saturated carbocycles. The molecule has 0 spiro atoms. The first-order valence-corrected chi connectivity index (χ1v) is 17.4. The van der Waals surface area contributed by atoms with Gasteiger partial charge in [0.1, 0.15) is 28.1 Å². The number of pyridine rings is 1. The third-order valence-electron chi connectivity index (χ3n) is 8.60. The number of rotatable bonds is 7. The quantitative estimate of drug-likeness (QED) is 0.0910. The summed E-state index contributed by atoms with van der Waals surface area (Å²) in [6.45, 7) is 1.81. The summed E-state index contributed by atoms with van der Waals surface area (Å²) in [6.07, 6.45) is -0.0407. The molecule has 0 aliphatic carbocycles. The highest BCUT2D eigenvalue weighted by Crippen LogP contribution is 2.39. The molecule has 4 N–H and O–H groups in total. The molecule has 0 atom stereocenters. The lowest BCUT2D eigenvalue weighted by Gasteiger charge is -2.16. The molecule has 0 aliphatic heterocycles. The number of halogens is 3. The minimum atomic E-state index is -5.77. The maximum Gasteiger partial charge on any atom is 0.534 e. The fourth-order valence-corrected chi connectivity index (χ4v) is 6.55. The molecule has 0 unspecified atom stereocenters. The summed E-state index contributed by atoms with van der Waals surface area (Å²) in [5, 5.41) is 43.3. The number of aryl methyl sites for hydroxylation is 1. The van der Waals surface area contributed by atoms with Gasteiger partial charge in [-0.2, -0.15) is 21.6 Å². The van der Waals surface area contributed by atoms with Gasteiger partial charge < -0.3 is 24.6 Å². The van der Waals surface area contributed by atoms with Crippen molar-refractivity contribution in [1.29, 1.82) is 0 Å². The van der Waals surface area contributed by atoms with Crippen molar-refractivity contribution in [2.24, 2.45) is 0 Å². The van der Waals surface area contributed by atoms with Gasteiger partial charge in [-0.1, -0.05) is 91.0 Å². The van der Waals surface area contributed by atoms with Gasteiger partial charge in [0.2, 0.25) is 0 Å². The zero-order chi connectivity index (χ0) is 38.9. The van der Waals surface area contributed by atoms with Crippen LogP contribution in [0.25, 0.3) is 43.7 Å². The Balaban J connectivity index is 0.000000186. The number of carboxylic acids is 2. The lowest BCUT2D eigenvalue weighted by atomic mass is 9.90. The van der Waals surface area contributed by atoms with E-state index in [2.05, 4.69) is 9.17 Å². The number of para-hydroxylation sites is 1. The van der Waals surface area contributed by atoms with Gasteiger partial charge in [0, 0.05) is 28.5 Å². The van der Waals surface area contributed by atoms with E-state index in [1.165, 1.54) is 18.2 Å². The van der Waals surface area contributed by atoms with Gasteiger partial charge in [-0.05, 0) is 58.3 Å². The number of hydrogen-bond donors (Lipinski definition) is 4. The van der Waals surface area contributed by atoms with E-state index in [1.807, 2.05) is 13.0 Å². The number of carbonyl (C=O) groups is 2. The predicted octanol–water partition coefficient (Wildman–Crippen LogP) is 8.83. The number of aromatic carboxylic acids is 2. The van der Waals surface area contributed by atoms with E-state index in [4.69, 9.17) is 0 Å². The average Bonchev–Trinajstić information content (AvgIpc) is 3.13. The molecule has 6 aromatic carbocycles. The van der Waals surface area contributed by atoms with Crippen LogP contribution in [0.5, 0.6) is 17.2 Å². The number of fused-ring (bicyclic) bond motifs is 3. The van der Waals surface area contributed by atoms with Gasteiger partial charge in [0.15, 0.2) is 5.75 Å². The Hall–Kier alpha value is -6.67. The van der Waals surface area contributed by atoms with Gasteiger partial charge >= 0.3 is 27.6 Å². The van der Waals surface area contributed by atoms with Crippen LogP contribution in [0.1, 0.15) is 37.4 Å². The zero-order valence-electron chi connectivity index (χ0n) is 28.0. The van der Waals surface area contributed by atoms with Gasteiger partial charge in [-0.3, -0.25) is 0 Å². The zero-order valence-corrected chi connectivity index (χ0v) is 28.8. The number of nitrogens with zero attached hydrogens (tertiary/aromatic N) is 1. The second-order valence-corrected chi connectivity index (χ2v) is 13.6. The fourth-order valence-electron chi connectivity index (χ4n) is 6.08. The number of hydrogen-bond acceptors (Lipinski definition) is 8. The summed E-state index contributed by atoms with van der Waals surface area (Å²) in [6, 6.07) is 31.7. The van der Waals surface area contributed by atoms with E-state index >= 15 is 0 Å². The van der Waals surface area contributed by atoms with Crippen LogP contribution in [0.3, 0.4) is 0 Å². The molecular formula is C40H28F3NO9S. The van der Waals surface area contributed by atoms with Crippen LogP contribution < -0.4 is 4.18 Å². The Morgan fingerprint density at radius 1 is 0.685 bits per heavy atom. The standard InChI is InChI=1S/C23H16O6.C17H12F3NO3S/c24-20-16(14-7-3-1-5-12(14)9-18(20)22(26)27)11-17-15-8-4-2-6-13(15)10-19(21(17)25)23(28)29;1-11-10-13-8-5-9-14(24-25(22,23)17(18,19)20)16(13)21-15(11)12-6-3-2-4-7-12/h1-10,24-25H,11H2,(H,26,27)(H,28,29);2-10H,1H3. The molecule has 0 radical (unpaired) electrons. The number of carboxylic acid groups (broad SMARTS) is 2. The largest absolute Gasteiger partial charge is 0.534 e. The van der Waals surface area contributed by atoms with Crippen molar-refractivity contribution < 1.29 is 55.8 Å². The first-order valence-electron chi connectivity index (χ1n) is 16.0. The Labute approximate surface area is 305 Å². The molecule has 54 heavy (non-hydrogen) atoms. The van der Waals surface area contributed by atoms with Gasteiger partial charge in [0.25, 0.3) is 0 Å². The van der Waals surface area contributed by atoms with Crippen LogP contribution in [-0.4, -0.2) is 51.3 Å². The van der Waals surface area contributed by atoms with E-state index in [0.717, 1.165) is 17.2 Å². The van der Waals surface area contributed by atoms with E-state index in [0.29, 0.717) is 43.8 Å². The lowest BCUT2D eigenvalue weighted by molar-refractivity contribution is -0.0499. The molecule has 7 rings (SSSR count). The molecule has 0 fully saturated rings. The highest BCUT2D eigenvalue weighted by molar-refractivity contribution is 7.88. The second-order valence-electron chi connectivity index (χ2n) is 12.1. The number of alkyl halides is 3. The van der Waals surface area contributed by atoms with Crippen molar-refractivity contribution in [3.05, 3.63) is 143 Å². The summed E-state index contributed by atoms with van der Waals surface area (Å²) in [5.41, 5.74) is -3.26. The van der Waals surface area contributed by atoms with Crippen molar-refractivity contribution in [2.45, 2.75) is 18.9 Å². The summed E-state index contributed by atoms with van der Waals surface area (Å²) >= 11 is 0. The van der Waals surface area contributed by atoms with Crippen LogP contribution in [-0.2, 0) is 16.5 Å².